The SMILES string of the molecule is Cc1ncc(CN(C)S(=O)(=O)N2CCCCCC2)s1. The molecule has 0 unspecified atom stereocenters. The van der Waals surface area contributed by atoms with Gasteiger partial charge in [0.1, 0.15) is 0 Å². The smallest absolute Gasteiger partial charge is 0.250 e. The summed E-state index contributed by atoms with van der Waals surface area (Å²) in [7, 11) is -1.68. The van der Waals surface area contributed by atoms with E-state index in [2.05, 4.69) is 4.98 Å². The minimum Gasteiger partial charge on any atom is -0.250 e. The molecule has 0 saturated carbocycles. The zero-order valence-corrected chi connectivity index (χ0v) is 13.1. The zero-order valence-electron chi connectivity index (χ0n) is 11.5. The fraction of sp³-hybridized carbons (Fsp3) is 0.750. The summed E-state index contributed by atoms with van der Waals surface area (Å²) in [5.74, 6) is 0. The normalized spacial score (nSPS) is 18.7. The Kier molecular flexibility index (Phi) is 4.94. The molecule has 108 valence electrons. The van der Waals surface area contributed by atoms with Crippen LogP contribution >= 0.6 is 11.3 Å². The number of rotatable bonds is 4. The van der Waals surface area contributed by atoms with Gasteiger partial charge in [-0.15, -0.1) is 11.3 Å². The predicted octanol–water partition coefficient (Wildman–Crippen LogP) is 2.00. The zero-order chi connectivity index (χ0) is 13.9. The van der Waals surface area contributed by atoms with Crippen LogP contribution in [0.5, 0.6) is 0 Å². The van der Waals surface area contributed by atoms with Crippen LogP contribution in [0, 0.1) is 6.92 Å². The number of aryl methyl sites for hydroxylation is 1. The Labute approximate surface area is 119 Å². The molecule has 2 rings (SSSR count). The van der Waals surface area contributed by atoms with E-state index < -0.39 is 10.2 Å². The molecule has 1 aliphatic rings. The molecule has 0 radical (unpaired) electrons. The van der Waals surface area contributed by atoms with E-state index >= 15 is 0 Å². The highest BCUT2D eigenvalue weighted by Gasteiger charge is 2.27. The first kappa shape index (κ1) is 14.9. The maximum absolute atomic E-state index is 12.5. The van der Waals surface area contributed by atoms with Crippen molar-refractivity contribution in [1.82, 2.24) is 13.6 Å². The third-order valence-corrected chi connectivity index (χ3v) is 6.16. The molecular formula is C12H21N3O2S2. The van der Waals surface area contributed by atoms with Crippen molar-refractivity contribution in [3.8, 4) is 0 Å². The van der Waals surface area contributed by atoms with Crippen molar-refractivity contribution >= 4 is 21.5 Å². The highest BCUT2D eigenvalue weighted by atomic mass is 32.2. The second kappa shape index (κ2) is 6.30. The lowest BCUT2D eigenvalue weighted by atomic mass is 10.2. The van der Waals surface area contributed by atoms with Crippen LogP contribution in [0.4, 0.5) is 0 Å². The summed E-state index contributed by atoms with van der Waals surface area (Å²) < 4.78 is 28.0. The van der Waals surface area contributed by atoms with Crippen LogP contribution in [0.25, 0.3) is 0 Å². The molecule has 0 spiro atoms. The van der Waals surface area contributed by atoms with Crippen molar-refractivity contribution in [2.24, 2.45) is 0 Å². The lowest BCUT2D eigenvalue weighted by Crippen LogP contribution is -2.41. The van der Waals surface area contributed by atoms with Crippen molar-refractivity contribution in [1.29, 1.82) is 0 Å². The van der Waals surface area contributed by atoms with Crippen LogP contribution in [-0.2, 0) is 16.8 Å². The topological polar surface area (TPSA) is 53.5 Å². The van der Waals surface area contributed by atoms with Crippen molar-refractivity contribution in [2.75, 3.05) is 20.1 Å². The predicted molar refractivity (Wildman–Crippen MR) is 77.3 cm³/mol. The molecule has 1 aromatic rings. The molecule has 0 bridgehead atoms. The molecular weight excluding hydrogens is 282 g/mol. The average molecular weight is 303 g/mol. The van der Waals surface area contributed by atoms with Crippen LogP contribution in [-0.4, -0.2) is 42.1 Å². The highest BCUT2D eigenvalue weighted by Crippen LogP contribution is 2.19. The van der Waals surface area contributed by atoms with Crippen LogP contribution < -0.4 is 0 Å². The maximum atomic E-state index is 12.5. The van der Waals surface area contributed by atoms with E-state index in [1.54, 1.807) is 28.9 Å². The summed E-state index contributed by atoms with van der Waals surface area (Å²) in [6, 6.07) is 0. The van der Waals surface area contributed by atoms with Crippen molar-refractivity contribution < 1.29 is 8.42 Å². The lowest BCUT2D eigenvalue weighted by Gasteiger charge is -2.25. The Morgan fingerprint density at radius 2 is 1.95 bits per heavy atom. The molecule has 2 heterocycles. The molecule has 1 saturated heterocycles. The van der Waals surface area contributed by atoms with E-state index in [0.29, 0.717) is 19.6 Å². The summed E-state index contributed by atoms with van der Waals surface area (Å²) in [6.07, 6.45) is 5.95. The van der Waals surface area contributed by atoms with Crippen LogP contribution in [0.1, 0.15) is 35.6 Å². The molecule has 19 heavy (non-hydrogen) atoms. The Balaban J connectivity index is 2.05. The van der Waals surface area contributed by atoms with Gasteiger partial charge in [-0.3, -0.25) is 0 Å². The molecule has 0 amide bonds. The largest absolute Gasteiger partial charge is 0.282 e. The summed E-state index contributed by atoms with van der Waals surface area (Å²) in [4.78, 5) is 5.15. The molecule has 0 atom stereocenters. The first-order valence-electron chi connectivity index (χ1n) is 6.63. The van der Waals surface area contributed by atoms with Gasteiger partial charge >= 0.3 is 0 Å². The van der Waals surface area contributed by atoms with Gasteiger partial charge < -0.3 is 0 Å². The molecule has 0 aliphatic carbocycles. The standard InChI is InChI=1S/C12H21N3O2S2/c1-11-13-9-12(18-11)10-14(2)19(16,17)15-7-5-3-4-6-8-15/h9H,3-8,10H2,1-2H3. The Hall–Kier alpha value is -0.500. The van der Waals surface area contributed by atoms with Crippen molar-refractivity contribution in [2.45, 2.75) is 39.2 Å². The van der Waals surface area contributed by atoms with Crippen LogP contribution in [0.2, 0.25) is 0 Å². The van der Waals surface area contributed by atoms with E-state index in [9.17, 15) is 8.42 Å². The first-order valence-corrected chi connectivity index (χ1v) is 8.84. The second-order valence-electron chi connectivity index (χ2n) is 4.92. The van der Waals surface area contributed by atoms with Gasteiger partial charge in [0.15, 0.2) is 0 Å². The first-order chi connectivity index (χ1) is 9.00. The molecule has 0 aromatic carbocycles. The van der Waals surface area contributed by atoms with Gasteiger partial charge in [-0.1, -0.05) is 12.8 Å². The summed E-state index contributed by atoms with van der Waals surface area (Å²) in [6.45, 7) is 3.63. The molecule has 1 aromatic heterocycles. The number of hydrogen-bond donors (Lipinski definition) is 0. The number of thiazole rings is 1. The monoisotopic (exact) mass is 303 g/mol. The summed E-state index contributed by atoms with van der Waals surface area (Å²) in [5, 5.41) is 0.968. The Morgan fingerprint density at radius 3 is 2.47 bits per heavy atom. The van der Waals surface area contributed by atoms with Crippen molar-refractivity contribution in [3.63, 3.8) is 0 Å². The molecule has 5 nitrogen and oxygen atoms in total. The fourth-order valence-electron chi connectivity index (χ4n) is 2.25. The molecule has 1 fully saturated rings. The lowest BCUT2D eigenvalue weighted by molar-refractivity contribution is 0.364. The number of hydrogen-bond acceptors (Lipinski definition) is 4. The van der Waals surface area contributed by atoms with E-state index in [0.717, 1.165) is 35.6 Å². The Bertz CT molecular complexity index is 505. The quantitative estimate of drug-likeness (QED) is 0.855. The van der Waals surface area contributed by atoms with E-state index in [1.165, 1.54) is 4.31 Å². The maximum Gasteiger partial charge on any atom is 0.282 e. The van der Waals surface area contributed by atoms with Gasteiger partial charge in [0, 0.05) is 31.2 Å². The van der Waals surface area contributed by atoms with Gasteiger partial charge in [0.2, 0.25) is 0 Å². The van der Waals surface area contributed by atoms with Gasteiger partial charge in [0.25, 0.3) is 10.2 Å². The third kappa shape index (κ3) is 3.75. The second-order valence-corrected chi connectivity index (χ2v) is 8.28. The summed E-state index contributed by atoms with van der Waals surface area (Å²) >= 11 is 1.55. The minimum atomic E-state index is -3.33. The van der Waals surface area contributed by atoms with E-state index in [-0.39, 0.29) is 0 Å². The average Bonchev–Trinajstić information content (AvgIpc) is 2.63. The van der Waals surface area contributed by atoms with Crippen LogP contribution in [0.15, 0.2) is 6.20 Å². The molecule has 7 heteroatoms. The van der Waals surface area contributed by atoms with Crippen LogP contribution in [0.3, 0.4) is 0 Å². The van der Waals surface area contributed by atoms with Gasteiger partial charge in [-0.25, -0.2) is 4.98 Å². The summed E-state index contributed by atoms with van der Waals surface area (Å²) in [5.41, 5.74) is 0. The van der Waals surface area contributed by atoms with E-state index in [1.807, 2.05) is 6.92 Å². The number of aromatic nitrogens is 1. The molecule has 1 aliphatic heterocycles. The van der Waals surface area contributed by atoms with Gasteiger partial charge in [-0.2, -0.15) is 17.0 Å². The van der Waals surface area contributed by atoms with Crippen molar-refractivity contribution in [3.05, 3.63) is 16.1 Å². The highest BCUT2D eigenvalue weighted by molar-refractivity contribution is 7.86. The van der Waals surface area contributed by atoms with Gasteiger partial charge in [0.05, 0.1) is 11.6 Å². The Morgan fingerprint density at radius 1 is 1.32 bits per heavy atom. The minimum absolute atomic E-state index is 0.407. The third-order valence-electron chi connectivity index (χ3n) is 3.33. The van der Waals surface area contributed by atoms with E-state index in [4.69, 9.17) is 0 Å². The van der Waals surface area contributed by atoms with Gasteiger partial charge in [-0.05, 0) is 19.8 Å². The fourth-order valence-corrected chi connectivity index (χ4v) is 4.60. The number of nitrogens with zero attached hydrogens (tertiary/aromatic N) is 3. The molecule has 0 N–H and O–H groups in total.